The van der Waals surface area contributed by atoms with Gasteiger partial charge in [0.1, 0.15) is 0 Å². The zero-order valence-corrected chi connectivity index (χ0v) is 9.78. The summed E-state index contributed by atoms with van der Waals surface area (Å²) in [4.78, 5) is 2.58. The fraction of sp³-hybridized carbons (Fsp3) is 0.455. The quantitative estimate of drug-likeness (QED) is 0.720. The molecule has 2 aliphatic heterocycles. The zero-order chi connectivity index (χ0) is 9.54. The minimum atomic E-state index is 0.729. The van der Waals surface area contributed by atoms with E-state index in [0.717, 1.165) is 10.7 Å². The molecule has 0 unspecified atom stereocenters. The number of thioether (sulfide) groups is 2. The third-order valence-electron chi connectivity index (χ3n) is 2.82. The average molecular weight is 223 g/mol. The summed E-state index contributed by atoms with van der Waals surface area (Å²) in [5, 5.41) is 1.46. The van der Waals surface area contributed by atoms with Gasteiger partial charge in [0.25, 0.3) is 0 Å². The van der Waals surface area contributed by atoms with Gasteiger partial charge < -0.3 is 4.90 Å². The van der Waals surface area contributed by atoms with Gasteiger partial charge in [-0.05, 0) is 19.1 Å². The molecule has 2 fully saturated rings. The highest BCUT2D eigenvalue weighted by molar-refractivity contribution is 8.08. The fourth-order valence-electron chi connectivity index (χ4n) is 2.04. The summed E-state index contributed by atoms with van der Waals surface area (Å²) in [5.41, 5.74) is 2.75. The Labute approximate surface area is 93.3 Å². The van der Waals surface area contributed by atoms with Crippen molar-refractivity contribution in [1.29, 1.82) is 0 Å². The maximum Gasteiger partial charge on any atom is 0.0854 e. The van der Waals surface area contributed by atoms with Crippen LogP contribution in [0.15, 0.2) is 24.3 Å². The first-order valence-electron chi connectivity index (χ1n) is 4.93. The normalized spacial score (nSPS) is 29.9. The summed E-state index contributed by atoms with van der Waals surface area (Å²) in [7, 11) is 0. The highest BCUT2D eigenvalue weighted by atomic mass is 32.2. The number of anilines is 1. The Morgan fingerprint density at radius 1 is 1.07 bits per heavy atom. The van der Waals surface area contributed by atoms with E-state index in [2.05, 4.69) is 59.6 Å². The van der Waals surface area contributed by atoms with Crippen LogP contribution in [0.1, 0.15) is 5.56 Å². The lowest BCUT2D eigenvalue weighted by atomic mass is 10.2. The molecule has 1 nitrogen and oxygen atoms in total. The number of rotatable bonds is 1. The van der Waals surface area contributed by atoms with E-state index in [0.29, 0.717) is 0 Å². The summed E-state index contributed by atoms with van der Waals surface area (Å²) < 4.78 is 0. The van der Waals surface area contributed by atoms with Crippen LogP contribution in [0.25, 0.3) is 0 Å². The number of hydrogen-bond donors (Lipinski definition) is 0. The zero-order valence-electron chi connectivity index (χ0n) is 8.14. The van der Waals surface area contributed by atoms with E-state index in [9.17, 15) is 0 Å². The van der Waals surface area contributed by atoms with Crippen molar-refractivity contribution in [3.05, 3.63) is 29.8 Å². The van der Waals surface area contributed by atoms with Gasteiger partial charge in [-0.2, -0.15) is 0 Å². The molecule has 0 spiro atoms. The van der Waals surface area contributed by atoms with Crippen molar-refractivity contribution in [2.24, 2.45) is 0 Å². The summed E-state index contributed by atoms with van der Waals surface area (Å²) in [5.74, 6) is 2.59. The molecule has 74 valence electrons. The van der Waals surface area contributed by atoms with E-state index in [1.54, 1.807) is 0 Å². The molecular weight excluding hydrogens is 210 g/mol. The van der Waals surface area contributed by atoms with Crippen LogP contribution in [0.5, 0.6) is 0 Å². The first-order chi connectivity index (χ1) is 6.84. The first kappa shape index (κ1) is 8.98. The first-order valence-corrected chi connectivity index (χ1v) is 7.02. The summed E-state index contributed by atoms with van der Waals surface area (Å²) in [6, 6.07) is 8.94. The SMILES string of the molecule is Cc1ccc(N2[C@@H]3CS[C@H]2CS3)cc1. The summed E-state index contributed by atoms with van der Waals surface area (Å²) in [6.45, 7) is 2.14. The maximum absolute atomic E-state index is 2.58. The molecule has 0 aromatic heterocycles. The van der Waals surface area contributed by atoms with Crippen molar-refractivity contribution >= 4 is 29.2 Å². The number of hydrogen-bond acceptors (Lipinski definition) is 3. The van der Waals surface area contributed by atoms with Gasteiger partial charge in [-0.1, -0.05) is 17.7 Å². The van der Waals surface area contributed by atoms with E-state index in [-0.39, 0.29) is 0 Å². The molecular formula is C11H13NS2. The lowest BCUT2D eigenvalue weighted by molar-refractivity contribution is 0.876. The Balaban J connectivity index is 1.92. The van der Waals surface area contributed by atoms with E-state index < -0.39 is 0 Å². The Hall–Kier alpha value is -0.280. The average Bonchev–Trinajstić information content (AvgIpc) is 2.78. The van der Waals surface area contributed by atoms with E-state index in [4.69, 9.17) is 0 Å². The van der Waals surface area contributed by atoms with Crippen LogP contribution in [0, 0.1) is 6.92 Å². The fourth-order valence-corrected chi connectivity index (χ4v) is 5.31. The van der Waals surface area contributed by atoms with Crippen LogP contribution in [0.3, 0.4) is 0 Å². The highest BCUT2D eigenvalue weighted by Crippen LogP contribution is 2.46. The molecule has 14 heavy (non-hydrogen) atoms. The molecule has 0 saturated carbocycles. The molecule has 0 radical (unpaired) electrons. The second-order valence-electron chi connectivity index (χ2n) is 3.82. The molecule has 2 saturated heterocycles. The monoisotopic (exact) mass is 223 g/mol. The van der Waals surface area contributed by atoms with Crippen molar-refractivity contribution in [2.75, 3.05) is 16.4 Å². The summed E-state index contributed by atoms with van der Waals surface area (Å²) in [6.07, 6.45) is 0. The van der Waals surface area contributed by atoms with Gasteiger partial charge in [-0.25, -0.2) is 0 Å². The van der Waals surface area contributed by atoms with Gasteiger partial charge in [0.05, 0.1) is 10.7 Å². The minimum Gasteiger partial charge on any atom is -0.346 e. The van der Waals surface area contributed by atoms with Crippen molar-refractivity contribution in [2.45, 2.75) is 17.7 Å². The topological polar surface area (TPSA) is 3.24 Å². The van der Waals surface area contributed by atoms with Crippen LogP contribution in [-0.4, -0.2) is 22.3 Å². The highest BCUT2D eigenvalue weighted by Gasteiger charge is 2.40. The Morgan fingerprint density at radius 2 is 1.64 bits per heavy atom. The van der Waals surface area contributed by atoms with Gasteiger partial charge >= 0.3 is 0 Å². The van der Waals surface area contributed by atoms with Crippen molar-refractivity contribution in [3.63, 3.8) is 0 Å². The second kappa shape index (κ2) is 3.38. The number of aryl methyl sites for hydroxylation is 1. The molecule has 2 aliphatic rings. The predicted molar refractivity (Wildman–Crippen MR) is 66.2 cm³/mol. The van der Waals surface area contributed by atoms with E-state index in [1.807, 2.05) is 0 Å². The third-order valence-corrected chi connectivity index (χ3v) is 5.81. The molecule has 3 rings (SSSR count). The third kappa shape index (κ3) is 1.34. The Kier molecular flexibility index (Phi) is 2.17. The van der Waals surface area contributed by atoms with E-state index >= 15 is 0 Å². The summed E-state index contributed by atoms with van der Waals surface area (Å²) >= 11 is 4.21. The van der Waals surface area contributed by atoms with Crippen LogP contribution >= 0.6 is 23.5 Å². The molecule has 1 aromatic rings. The van der Waals surface area contributed by atoms with Gasteiger partial charge in [-0.15, -0.1) is 23.5 Å². The number of nitrogens with zero attached hydrogens (tertiary/aromatic N) is 1. The number of fused-ring (bicyclic) bond motifs is 2. The second-order valence-corrected chi connectivity index (χ2v) is 6.24. The van der Waals surface area contributed by atoms with Crippen molar-refractivity contribution < 1.29 is 0 Å². The Bertz CT molecular complexity index is 316. The van der Waals surface area contributed by atoms with Crippen LogP contribution in [-0.2, 0) is 0 Å². The minimum absolute atomic E-state index is 0.729. The van der Waals surface area contributed by atoms with Crippen LogP contribution < -0.4 is 4.90 Å². The molecule has 1 aromatic carbocycles. The standard InChI is InChI=1S/C11H13NS2/c1-8-2-4-9(5-3-8)12-10-6-13-11(12)7-14-10/h2-5,10-11H,6-7H2,1H3/t10-,11-/m0/s1. The predicted octanol–water partition coefficient (Wildman–Crippen LogP) is 2.95. The molecule has 0 aliphatic carbocycles. The maximum atomic E-state index is 2.58. The molecule has 0 amide bonds. The van der Waals surface area contributed by atoms with Gasteiger partial charge in [-0.3, -0.25) is 0 Å². The van der Waals surface area contributed by atoms with Crippen molar-refractivity contribution in [3.8, 4) is 0 Å². The largest absolute Gasteiger partial charge is 0.346 e. The Morgan fingerprint density at radius 3 is 2.14 bits per heavy atom. The molecule has 2 heterocycles. The smallest absolute Gasteiger partial charge is 0.0854 e. The number of benzene rings is 1. The molecule has 2 bridgehead atoms. The molecule has 3 heteroatoms. The van der Waals surface area contributed by atoms with Crippen molar-refractivity contribution in [1.82, 2.24) is 0 Å². The molecule has 0 N–H and O–H groups in total. The van der Waals surface area contributed by atoms with Gasteiger partial charge in [0, 0.05) is 17.2 Å². The molecule has 2 atom stereocenters. The van der Waals surface area contributed by atoms with Crippen LogP contribution in [0.4, 0.5) is 5.69 Å². The van der Waals surface area contributed by atoms with Gasteiger partial charge in [0.15, 0.2) is 0 Å². The van der Waals surface area contributed by atoms with E-state index in [1.165, 1.54) is 22.8 Å². The lowest BCUT2D eigenvalue weighted by Gasteiger charge is -2.22. The van der Waals surface area contributed by atoms with Crippen LogP contribution in [0.2, 0.25) is 0 Å². The van der Waals surface area contributed by atoms with Gasteiger partial charge in [0.2, 0.25) is 0 Å². The lowest BCUT2D eigenvalue weighted by Crippen LogP contribution is -2.28.